The first kappa shape index (κ1) is 51.5. The largest absolute Gasteiger partial charge is 0.481 e. The van der Waals surface area contributed by atoms with Crippen molar-refractivity contribution in [3.05, 3.63) is 12.7 Å². The van der Waals surface area contributed by atoms with E-state index >= 15 is 0 Å². The minimum atomic E-state index is -5.41. The summed E-state index contributed by atoms with van der Waals surface area (Å²) in [5.74, 6) is -1.01. The number of hydrogen-bond acceptors (Lipinski definition) is 18. The quantitative estimate of drug-likeness (QED) is 0.0531. The van der Waals surface area contributed by atoms with Crippen LogP contribution < -0.4 is 21.7 Å². The second-order valence-electron chi connectivity index (χ2n) is 16.0. The number of aromatic nitrogens is 4. The molecule has 2 aromatic rings. The van der Waals surface area contributed by atoms with Crippen molar-refractivity contribution >= 4 is 67.2 Å². The molecule has 0 spiro atoms. The van der Waals surface area contributed by atoms with Gasteiger partial charge in [0.1, 0.15) is 36.3 Å². The highest BCUT2D eigenvalue weighted by Crippen LogP contribution is 2.61. The van der Waals surface area contributed by atoms with Crippen LogP contribution in [0.2, 0.25) is 0 Å². The monoisotopic (exact) mass is 938 g/mol. The molecule has 2 fully saturated rings. The van der Waals surface area contributed by atoms with Crippen molar-refractivity contribution in [3.63, 3.8) is 0 Å². The van der Waals surface area contributed by atoms with E-state index in [-0.39, 0.29) is 59.2 Å². The zero-order valence-electron chi connectivity index (χ0n) is 35.2. The van der Waals surface area contributed by atoms with Gasteiger partial charge in [-0.3, -0.25) is 32.8 Å². The van der Waals surface area contributed by atoms with Gasteiger partial charge >= 0.3 is 15.6 Å². The Kier molecular flexibility index (Phi) is 19.3. The molecule has 3 unspecified atom stereocenters. The zero-order chi connectivity index (χ0) is 45.8. The van der Waals surface area contributed by atoms with E-state index in [1.807, 2.05) is 13.8 Å². The lowest BCUT2D eigenvalue weighted by Gasteiger charge is -2.30. The number of fused-ring (bicyclic) bond motifs is 1. The third-order valence-electron chi connectivity index (χ3n) is 10.8. The molecule has 23 nitrogen and oxygen atoms in total. The van der Waals surface area contributed by atoms with Crippen LogP contribution in [0.3, 0.4) is 0 Å². The maximum Gasteiger partial charge on any atom is 0.481 e. The van der Waals surface area contributed by atoms with E-state index in [0.29, 0.717) is 25.2 Å². The molecule has 1 saturated heterocycles. The lowest BCUT2D eigenvalue weighted by molar-refractivity contribution is -0.137. The molecule has 1 aliphatic heterocycles. The molecule has 0 radical (unpaired) electrons. The number of nitrogens with one attached hydrogen (secondary N) is 3. The maximum absolute atomic E-state index is 13.2. The first-order valence-corrected chi connectivity index (χ1v) is 24.5. The highest BCUT2D eigenvalue weighted by Gasteiger charge is 2.47. The zero-order valence-corrected chi connectivity index (χ0v) is 37.8. The Morgan fingerprint density at radius 2 is 1.66 bits per heavy atom. The lowest BCUT2D eigenvalue weighted by atomic mass is 9.85. The van der Waals surface area contributed by atoms with Crippen molar-refractivity contribution in [2.45, 2.75) is 122 Å². The standard InChI is InChI=1S/C36H60N8O15P2S/c1-5-22(6-2)32(49)43-23(16-21-10-8-7-9-11-21)35(51)62-15-14-38-25(45)12-13-39-33(50)29(48)36(3,4)18-57-61(54,55)59-60(52,53)56-17-24-27(46)28(47)34(58-24)44-20-42-26-30(37)40-19-41-31(26)44/h19-24,27-29,34,46-48H,5-18H2,1-4H3,(H,38,45)(H,39,50)(H,43,49)(H,52,53)(H,54,55)(H2,37,40,41)/t23-,24+,27+,28+,29?,34+/m0/s1. The van der Waals surface area contributed by atoms with Crippen LogP contribution in [0.4, 0.5) is 5.82 Å². The fourth-order valence-electron chi connectivity index (χ4n) is 7.03. The minimum Gasteiger partial charge on any atom is -0.387 e. The number of rotatable bonds is 24. The minimum absolute atomic E-state index is 0.0440. The molecule has 350 valence electrons. The van der Waals surface area contributed by atoms with Gasteiger partial charge in [-0.05, 0) is 25.2 Å². The van der Waals surface area contributed by atoms with Gasteiger partial charge in [-0.15, -0.1) is 0 Å². The topological polar surface area (TPSA) is 346 Å². The number of ether oxygens (including phenoxy) is 1. The molecular weight excluding hydrogens is 878 g/mol. The van der Waals surface area contributed by atoms with E-state index in [9.17, 15) is 53.4 Å². The first-order valence-electron chi connectivity index (χ1n) is 20.5. The van der Waals surface area contributed by atoms with Crippen molar-refractivity contribution in [2.75, 3.05) is 37.8 Å². The SMILES string of the molecule is CCC(CC)C(=O)N[C@@H](CC1CCCCC1)C(=O)SCCNC(=O)CCNC(=O)C(O)C(C)(C)COP(=O)(O)OP(=O)(O)OC[C@H]1O[C@@H](n2cnc3c(N)ncnc32)[C@H](O)[C@@H]1O. The average molecular weight is 939 g/mol. The Balaban J connectivity index is 1.15. The second kappa shape index (κ2) is 23.2. The number of aliphatic hydroxyl groups is 3. The number of carbonyl (C=O) groups excluding carboxylic acids is 4. The Labute approximate surface area is 363 Å². The molecular formula is C36H60N8O15P2S. The first-order chi connectivity index (χ1) is 29.2. The average Bonchev–Trinajstić information content (AvgIpc) is 3.78. The summed E-state index contributed by atoms with van der Waals surface area (Å²) in [6.45, 7) is 4.66. The number of aliphatic hydroxyl groups excluding tert-OH is 3. The molecule has 3 heterocycles. The number of hydrogen-bond donors (Lipinski definition) is 9. The molecule has 1 aliphatic carbocycles. The van der Waals surface area contributed by atoms with Gasteiger partial charge in [0.15, 0.2) is 17.7 Å². The van der Waals surface area contributed by atoms with Gasteiger partial charge in [0.05, 0.1) is 25.6 Å². The summed E-state index contributed by atoms with van der Waals surface area (Å²) >= 11 is 1.04. The Morgan fingerprint density at radius 1 is 0.984 bits per heavy atom. The van der Waals surface area contributed by atoms with Crippen molar-refractivity contribution in [1.29, 1.82) is 0 Å². The van der Waals surface area contributed by atoms with Gasteiger partial charge in [0, 0.05) is 36.6 Å². The van der Waals surface area contributed by atoms with Crippen LogP contribution in [0, 0.1) is 17.3 Å². The summed E-state index contributed by atoms with van der Waals surface area (Å²) in [7, 11) is -10.8. The number of nitrogens with two attached hydrogens (primary N) is 1. The number of nitrogen functional groups attached to an aromatic ring is 1. The van der Waals surface area contributed by atoms with E-state index in [0.717, 1.165) is 43.8 Å². The second-order valence-corrected chi connectivity index (χ2v) is 20.1. The van der Waals surface area contributed by atoms with E-state index in [1.165, 1.54) is 31.2 Å². The summed E-state index contributed by atoms with van der Waals surface area (Å²) in [6.07, 6.45) is 1.70. The molecule has 0 aromatic carbocycles. The summed E-state index contributed by atoms with van der Waals surface area (Å²) in [4.78, 5) is 83.4. The molecule has 26 heteroatoms. The van der Waals surface area contributed by atoms with Crippen LogP contribution in [-0.2, 0) is 46.4 Å². The highest BCUT2D eigenvalue weighted by atomic mass is 32.2. The van der Waals surface area contributed by atoms with Crippen molar-refractivity contribution in [2.24, 2.45) is 17.3 Å². The lowest BCUT2D eigenvalue weighted by Crippen LogP contribution is -2.46. The van der Waals surface area contributed by atoms with E-state index in [2.05, 4.69) is 35.2 Å². The van der Waals surface area contributed by atoms with Gasteiger partial charge < -0.3 is 51.5 Å². The number of thioether (sulfide) groups is 1. The molecule has 2 aliphatic rings. The fourth-order valence-corrected chi connectivity index (χ4v) is 10.0. The predicted octanol–water partition coefficient (Wildman–Crippen LogP) is 1.44. The van der Waals surface area contributed by atoms with Gasteiger partial charge in [-0.25, -0.2) is 24.1 Å². The molecule has 0 bridgehead atoms. The summed E-state index contributed by atoms with van der Waals surface area (Å²) < 4.78 is 46.0. The fraction of sp³-hybridized carbons (Fsp3) is 0.750. The number of imidazole rings is 1. The van der Waals surface area contributed by atoms with Crippen LogP contribution in [0.5, 0.6) is 0 Å². The normalized spacial score (nSPS) is 22.7. The summed E-state index contributed by atoms with van der Waals surface area (Å²) in [6, 6.07) is -0.608. The molecule has 3 amide bonds. The predicted molar refractivity (Wildman–Crippen MR) is 223 cm³/mol. The number of amides is 3. The van der Waals surface area contributed by atoms with E-state index in [4.69, 9.17) is 19.5 Å². The Hall–Kier alpha value is -3.12. The third kappa shape index (κ3) is 14.7. The molecule has 10 N–H and O–H groups in total. The Morgan fingerprint density at radius 3 is 2.34 bits per heavy atom. The van der Waals surface area contributed by atoms with Crippen molar-refractivity contribution in [3.8, 4) is 0 Å². The van der Waals surface area contributed by atoms with Gasteiger partial charge in [-0.2, -0.15) is 4.31 Å². The van der Waals surface area contributed by atoms with E-state index < -0.39 is 82.8 Å². The molecule has 62 heavy (non-hydrogen) atoms. The van der Waals surface area contributed by atoms with Crippen LogP contribution in [0.25, 0.3) is 11.2 Å². The summed E-state index contributed by atoms with van der Waals surface area (Å²) in [5.41, 5.74) is 4.54. The van der Waals surface area contributed by atoms with Crippen molar-refractivity contribution in [1.82, 2.24) is 35.5 Å². The molecule has 8 atom stereocenters. The smallest absolute Gasteiger partial charge is 0.387 e. The maximum atomic E-state index is 13.2. The third-order valence-corrected chi connectivity index (χ3v) is 14.3. The number of nitrogens with zero attached hydrogens (tertiary/aromatic N) is 4. The molecule has 1 saturated carbocycles. The van der Waals surface area contributed by atoms with E-state index in [1.54, 1.807) is 0 Å². The van der Waals surface area contributed by atoms with Gasteiger partial charge in [-0.1, -0.05) is 71.6 Å². The molecule has 2 aromatic heterocycles. The number of phosphoric ester groups is 2. The summed E-state index contributed by atoms with van der Waals surface area (Å²) in [5, 5.41) is 39.6. The molecule has 4 rings (SSSR count). The Bertz CT molecular complexity index is 1930. The van der Waals surface area contributed by atoms with Crippen LogP contribution in [0.15, 0.2) is 12.7 Å². The van der Waals surface area contributed by atoms with Gasteiger partial charge in [0.25, 0.3) is 0 Å². The van der Waals surface area contributed by atoms with Gasteiger partial charge in [0.2, 0.25) is 22.8 Å². The number of phosphoric acid groups is 2. The van der Waals surface area contributed by atoms with Crippen LogP contribution in [0.1, 0.15) is 91.7 Å². The number of carbonyl (C=O) groups is 4. The van der Waals surface area contributed by atoms with Crippen molar-refractivity contribution < 1.29 is 71.5 Å². The highest BCUT2D eigenvalue weighted by molar-refractivity contribution is 8.13. The van der Waals surface area contributed by atoms with Crippen LogP contribution >= 0.6 is 27.4 Å². The van der Waals surface area contributed by atoms with Crippen LogP contribution in [-0.4, -0.2) is 130 Å². The number of anilines is 1.